The van der Waals surface area contributed by atoms with Gasteiger partial charge in [0.15, 0.2) is 9.84 Å². The molecule has 1 unspecified atom stereocenters. The number of carbonyl (C=O) groups is 1. The number of carbonyl (C=O) groups excluding carboxylic acids is 1. The maximum Gasteiger partial charge on any atom is 0.264 e. The molecule has 0 saturated carbocycles. The smallest absolute Gasteiger partial charge is 0.264 e. The van der Waals surface area contributed by atoms with Crippen LogP contribution in [0.3, 0.4) is 0 Å². The highest BCUT2D eigenvalue weighted by atomic mass is 32.2. The van der Waals surface area contributed by atoms with E-state index in [0.717, 1.165) is 12.1 Å². The van der Waals surface area contributed by atoms with Crippen LogP contribution in [-0.4, -0.2) is 46.0 Å². The Hall–Kier alpha value is -3.24. The second kappa shape index (κ2) is 8.95. The molecule has 3 aromatic rings. The summed E-state index contributed by atoms with van der Waals surface area (Å²) < 4.78 is 67.0. The molecule has 0 aliphatic carbocycles. The number of rotatable bonds is 6. The molecule has 172 valence electrons. The highest BCUT2D eigenvalue weighted by molar-refractivity contribution is 7.92. The molecule has 1 aliphatic rings. The largest absolute Gasteiger partial charge is 0.337 e. The van der Waals surface area contributed by atoms with Gasteiger partial charge in [-0.3, -0.25) is 9.52 Å². The summed E-state index contributed by atoms with van der Waals surface area (Å²) >= 11 is 0. The molecule has 1 N–H and O–H groups in total. The molecule has 0 radical (unpaired) electrons. The second-order valence-electron chi connectivity index (χ2n) is 7.64. The average molecular weight is 489 g/mol. The number of benzene rings is 3. The van der Waals surface area contributed by atoms with E-state index < -0.39 is 41.7 Å². The van der Waals surface area contributed by atoms with Crippen LogP contribution in [0, 0.1) is 5.82 Å². The predicted molar refractivity (Wildman–Crippen MR) is 122 cm³/mol. The number of hydrogen-bond donors (Lipinski definition) is 1. The van der Waals surface area contributed by atoms with Crippen molar-refractivity contribution in [3.05, 3.63) is 90.2 Å². The molecule has 0 bridgehead atoms. The van der Waals surface area contributed by atoms with Crippen LogP contribution in [0.15, 0.2) is 88.7 Å². The Morgan fingerprint density at radius 3 is 2.33 bits per heavy atom. The van der Waals surface area contributed by atoms with Gasteiger partial charge in [0.2, 0.25) is 0 Å². The van der Waals surface area contributed by atoms with Crippen LogP contribution in [0.5, 0.6) is 0 Å². The highest BCUT2D eigenvalue weighted by Gasteiger charge is 2.36. The van der Waals surface area contributed by atoms with Crippen LogP contribution in [-0.2, 0) is 19.9 Å². The Kier molecular flexibility index (Phi) is 6.22. The lowest BCUT2D eigenvalue weighted by molar-refractivity contribution is 0.0793. The van der Waals surface area contributed by atoms with Gasteiger partial charge in [-0.1, -0.05) is 36.4 Å². The standard InChI is InChI=1S/C23H21FN2O5S2/c24-21-11-4-5-12-22(21)33(30,31)25-18-8-6-7-17(15-18)23(27)26-14-13-20(16-26)32(28,29)19-9-2-1-3-10-19/h1-12,15,20,25H,13-14,16H2. The van der Waals surface area contributed by atoms with Crippen molar-refractivity contribution in [3.63, 3.8) is 0 Å². The van der Waals surface area contributed by atoms with Crippen LogP contribution in [0.4, 0.5) is 10.1 Å². The van der Waals surface area contributed by atoms with Crippen molar-refractivity contribution in [3.8, 4) is 0 Å². The first kappa shape index (κ1) is 22.9. The number of likely N-dealkylation sites (tertiary alicyclic amines) is 1. The SMILES string of the molecule is O=C(c1cccc(NS(=O)(=O)c2ccccc2F)c1)N1CCC(S(=O)(=O)c2ccccc2)C1. The Morgan fingerprint density at radius 1 is 0.909 bits per heavy atom. The van der Waals surface area contributed by atoms with Crippen molar-refractivity contribution in [1.29, 1.82) is 0 Å². The van der Waals surface area contributed by atoms with Gasteiger partial charge < -0.3 is 4.90 Å². The van der Waals surface area contributed by atoms with Gasteiger partial charge in [0.25, 0.3) is 15.9 Å². The summed E-state index contributed by atoms with van der Waals surface area (Å²) in [4.78, 5) is 14.1. The van der Waals surface area contributed by atoms with E-state index in [1.165, 1.54) is 53.4 Å². The lowest BCUT2D eigenvalue weighted by atomic mass is 10.2. The normalized spacial score (nSPS) is 16.5. The van der Waals surface area contributed by atoms with Gasteiger partial charge in [-0.05, 0) is 48.9 Å². The molecule has 3 aromatic carbocycles. The molecule has 1 amide bonds. The third-order valence-corrected chi connectivity index (χ3v) is 9.04. The van der Waals surface area contributed by atoms with E-state index in [-0.39, 0.29) is 29.2 Å². The summed E-state index contributed by atoms with van der Waals surface area (Å²) in [6, 6.07) is 18.9. The van der Waals surface area contributed by atoms with Crippen LogP contribution < -0.4 is 4.72 Å². The van der Waals surface area contributed by atoms with Crippen molar-refractivity contribution in [1.82, 2.24) is 4.90 Å². The fourth-order valence-corrected chi connectivity index (χ4v) is 6.58. The number of sulfonamides is 1. The Bertz CT molecular complexity index is 1390. The monoisotopic (exact) mass is 488 g/mol. The van der Waals surface area contributed by atoms with E-state index in [2.05, 4.69) is 4.72 Å². The molecule has 10 heteroatoms. The Morgan fingerprint density at radius 2 is 1.61 bits per heavy atom. The van der Waals surface area contributed by atoms with Gasteiger partial charge in [-0.15, -0.1) is 0 Å². The summed E-state index contributed by atoms with van der Waals surface area (Å²) in [7, 11) is -7.77. The van der Waals surface area contributed by atoms with Gasteiger partial charge >= 0.3 is 0 Å². The number of nitrogens with one attached hydrogen (secondary N) is 1. The Balaban J connectivity index is 1.50. The average Bonchev–Trinajstić information content (AvgIpc) is 3.30. The van der Waals surface area contributed by atoms with E-state index in [4.69, 9.17) is 0 Å². The van der Waals surface area contributed by atoms with Gasteiger partial charge in [-0.25, -0.2) is 21.2 Å². The molecule has 0 spiro atoms. The van der Waals surface area contributed by atoms with E-state index in [0.29, 0.717) is 6.42 Å². The molecule has 4 rings (SSSR count). The number of amides is 1. The second-order valence-corrected chi connectivity index (χ2v) is 11.5. The summed E-state index contributed by atoms with van der Waals surface area (Å²) in [6.45, 7) is 0.308. The predicted octanol–water partition coefficient (Wildman–Crippen LogP) is 3.31. The number of anilines is 1. The molecule has 1 aliphatic heterocycles. The molecule has 1 heterocycles. The first-order valence-corrected chi connectivity index (χ1v) is 13.2. The van der Waals surface area contributed by atoms with Gasteiger partial charge in [0.05, 0.1) is 10.1 Å². The van der Waals surface area contributed by atoms with Gasteiger partial charge in [0.1, 0.15) is 10.7 Å². The van der Waals surface area contributed by atoms with Crippen LogP contribution >= 0.6 is 0 Å². The molecule has 1 fully saturated rings. The minimum atomic E-state index is -4.19. The van der Waals surface area contributed by atoms with E-state index in [1.54, 1.807) is 18.2 Å². The summed E-state index contributed by atoms with van der Waals surface area (Å²) in [5.41, 5.74) is 0.290. The molecule has 1 saturated heterocycles. The van der Waals surface area contributed by atoms with E-state index >= 15 is 0 Å². The van der Waals surface area contributed by atoms with Crippen molar-refractivity contribution in [2.24, 2.45) is 0 Å². The van der Waals surface area contributed by atoms with Crippen molar-refractivity contribution >= 4 is 31.5 Å². The third-order valence-electron chi connectivity index (χ3n) is 5.43. The molecule has 0 aromatic heterocycles. The molecule has 1 atom stereocenters. The first-order chi connectivity index (χ1) is 15.7. The zero-order valence-electron chi connectivity index (χ0n) is 17.4. The minimum absolute atomic E-state index is 0.0429. The van der Waals surface area contributed by atoms with Gasteiger partial charge in [0, 0.05) is 24.3 Å². The topological polar surface area (TPSA) is 101 Å². The van der Waals surface area contributed by atoms with Crippen molar-refractivity contribution < 1.29 is 26.0 Å². The summed E-state index contributed by atoms with van der Waals surface area (Å²) in [5, 5.41) is -0.716. The molecule has 33 heavy (non-hydrogen) atoms. The van der Waals surface area contributed by atoms with E-state index in [9.17, 15) is 26.0 Å². The molecule has 7 nitrogen and oxygen atoms in total. The van der Waals surface area contributed by atoms with Crippen molar-refractivity contribution in [2.45, 2.75) is 21.5 Å². The zero-order chi connectivity index (χ0) is 23.6. The minimum Gasteiger partial charge on any atom is -0.337 e. The third kappa shape index (κ3) is 4.76. The van der Waals surface area contributed by atoms with Crippen LogP contribution in [0.25, 0.3) is 0 Å². The summed E-state index contributed by atoms with van der Waals surface area (Å²) in [5.74, 6) is -1.30. The number of sulfone groups is 1. The first-order valence-electron chi connectivity index (χ1n) is 10.1. The lowest BCUT2D eigenvalue weighted by Gasteiger charge is -2.17. The van der Waals surface area contributed by atoms with E-state index in [1.807, 2.05) is 0 Å². The Labute approximate surface area is 191 Å². The quantitative estimate of drug-likeness (QED) is 0.574. The zero-order valence-corrected chi connectivity index (χ0v) is 19.0. The fourth-order valence-electron chi connectivity index (χ4n) is 3.74. The summed E-state index contributed by atoms with van der Waals surface area (Å²) in [6.07, 6.45) is 0.308. The number of hydrogen-bond acceptors (Lipinski definition) is 5. The maximum absolute atomic E-state index is 13.9. The number of halogens is 1. The molecular formula is C23H21FN2O5S2. The van der Waals surface area contributed by atoms with Crippen molar-refractivity contribution in [2.75, 3.05) is 17.8 Å². The lowest BCUT2D eigenvalue weighted by Crippen LogP contribution is -2.32. The van der Waals surface area contributed by atoms with Crippen LogP contribution in [0.2, 0.25) is 0 Å². The van der Waals surface area contributed by atoms with Gasteiger partial charge in [-0.2, -0.15) is 0 Å². The number of nitrogens with zero attached hydrogens (tertiary/aromatic N) is 1. The van der Waals surface area contributed by atoms with Crippen LogP contribution in [0.1, 0.15) is 16.8 Å². The highest BCUT2D eigenvalue weighted by Crippen LogP contribution is 2.26. The molecular weight excluding hydrogens is 467 g/mol. The maximum atomic E-state index is 13.9. The fraction of sp³-hybridized carbons (Fsp3) is 0.174.